The molecule has 0 aliphatic carbocycles. The van der Waals surface area contributed by atoms with Gasteiger partial charge in [0.25, 0.3) is 0 Å². The molecule has 0 aromatic heterocycles. The van der Waals surface area contributed by atoms with Crippen LogP contribution in [0.4, 0.5) is 0 Å². The van der Waals surface area contributed by atoms with Crippen LogP contribution >= 0.6 is 0 Å². The highest BCUT2D eigenvalue weighted by Gasteiger charge is 2.23. The van der Waals surface area contributed by atoms with Gasteiger partial charge in [0.05, 0.1) is 12.7 Å². The smallest absolute Gasteiger partial charge is 0.309 e. The molecule has 6 heteroatoms. The van der Waals surface area contributed by atoms with Gasteiger partial charge < -0.3 is 20.5 Å². The lowest BCUT2D eigenvalue weighted by Gasteiger charge is -2.23. The number of aliphatic hydroxyl groups is 1. The maximum Gasteiger partial charge on any atom is 0.309 e. The van der Waals surface area contributed by atoms with Crippen LogP contribution in [-0.4, -0.2) is 36.2 Å². The van der Waals surface area contributed by atoms with Gasteiger partial charge in [-0.05, 0) is 43.0 Å². The minimum absolute atomic E-state index is 0.00521. The number of methoxy groups -OCH3 is 1. The van der Waals surface area contributed by atoms with E-state index in [1.165, 1.54) is 0 Å². The van der Waals surface area contributed by atoms with Crippen LogP contribution in [0, 0.1) is 0 Å². The van der Waals surface area contributed by atoms with Crippen molar-refractivity contribution in [2.24, 2.45) is 0 Å². The summed E-state index contributed by atoms with van der Waals surface area (Å²) in [5.41, 5.74) is 0.837. The predicted molar refractivity (Wildman–Crippen MR) is 103 cm³/mol. The molecule has 0 bridgehead atoms. The highest BCUT2D eigenvalue weighted by molar-refractivity contribution is 6.35. The lowest BCUT2D eigenvalue weighted by atomic mass is 9.97. The number of rotatable bonds is 8. The van der Waals surface area contributed by atoms with E-state index in [1.54, 1.807) is 26.2 Å². The van der Waals surface area contributed by atoms with Crippen LogP contribution in [0.1, 0.15) is 24.5 Å². The third-order valence-electron chi connectivity index (χ3n) is 4.22. The van der Waals surface area contributed by atoms with Crippen molar-refractivity contribution >= 4 is 11.8 Å². The Labute approximate surface area is 159 Å². The van der Waals surface area contributed by atoms with E-state index in [4.69, 9.17) is 4.74 Å². The molecular weight excluding hydrogens is 344 g/mol. The van der Waals surface area contributed by atoms with Gasteiger partial charge in [-0.3, -0.25) is 9.59 Å². The summed E-state index contributed by atoms with van der Waals surface area (Å²) in [6, 6.07) is 17.0. The summed E-state index contributed by atoms with van der Waals surface area (Å²) in [5, 5.41) is 15.5. The topological polar surface area (TPSA) is 87.7 Å². The maximum absolute atomic E-state index is 11.9. The molecule has 1 unspecified atom stereocenters. The van der Waals surface area contributed by atoms with E-state index in [0.29, 0.717) is 18.6 Å². The lowest BCUT2D eigenvalue weighted by Crippen LogP contribution is -2.46. The summed E-state index contributed by atoms with van der Waals surface area (Å²) >= 11 is 0. The fraction of sp³-hybridized carbons (Fsp3) is 0.333. The van der Waals surface area contributed by atoms with E-state index in [2.05, 4.69) is 10.6 Å². The SMILES string of the molecule is COc1cccc(CNC(=O)C(=O)NCC(C)(O)CCc2ccccc2)c1. The van der Waals surface area contributed by atoms with E-state index in [9.17, 15) is 14.7 Å². The molecule has 2 rings (SSSR count). The van der Waals surface area contributed by atoms with Crippen molar-refractivity contribution in [3.05, 3.63) is 65.7 Å². The van der Waals surface area contributed by atoms with Crippen molar-refractivity contribution in [2.45, 2.75) is 31.9 Å². The molecule has 2 amide bonds. The second-order valence-electron chi connectivity index (χ2n) is 6.70. The standard InChI is InChI=1S/C21H26N2O4/c1-21(26,12-11-16-7-4-3-5-8-16)15-23-20(25)19(24)22-14-17-9-6-10-18(13-17)27-2/h3-10,13,26H,11-12,14-15H2,1-2H3,(H,22,24)(H,23,25). The summed E-state index contributed by atoms with van der Waals surface area (Å²) in [6.45, 7) is 1.86. The molecule has 2 aromatic rings. The lowest BCUT2D eigenvalue weighted by molar-refractivity contribution is -0.139. The van der Waals surface area contributed by atoms with E-state index >= 15 is 0 Å². The van der Waals surface area contributed by atoms with E-state index < -0.39 is 17.4 Å². The van der Waals surface area contributed by atoms with Gasteiger partial charge in [0.1, 0.15) is 5.75 Å². The Hall–Kier alpha value is -2.86. The highest BCUT2D eigenvalue weighted by Crippen LogP contribution is 2.13. The van der Waals surface area contributed by atoms with E-state index in [0.717, 1.165) is 11.1 Å². The number of ether oxygens (including phenoxy) is 1. The fourth-order valence-electron chi connectivity index (χ4n) is 2.54. The zero-order chi connectivity index (χ0) is 19.7. The van der Waals surface area contributed by atoms with Crippen molar-refractivity contribution in [3.8, 4) is 5.75 Å². The minimum atomic E-state index is -1.10. The maximum atomic E-state index is 11.9. The number of benzene rings is 2. The largest absolute Gasteiger partial charge is 0.497 e. The fourth-order valence-corrected chi connectivity index (χ4v) is 2.54. The summed E-state index contributed by atoms with van der Waals surface area (Å²) < 4.78 is 5.12. The quantitative estimate of drug-likeness (QED) is 0.619. The molecule has 0 fully saturated rings. The number of hydrogen-bond donors (Lipinski definition) is 3. The Morgan fingerprint density at radius 3 is 2.37 bits per heavy atom. The Bertz CT molecular complexity index is 760. The average Bonchev–Trinajstić information content (AvgIpc) is 2.69. The summed E-state index contributed by atoms with van der Waals surface area (Å²) in [6.07, 6.45) is 1.16. The minimum Gasteiger partial charge on any atom is -0.497 e. The van der Waals surface area contributed by atoms with Gasteiger partial charge in [-0.15, -0.1) is 0 Å². The molecule has 6 nitrogen and oxygen atoms in total. The molecule has 0 aliphatic rings. The summed E-state index contributed by atoms with van der Waals surface area (Å²) in [4.78, 5) is 23.9. The van der Waals surface area contributed by atoms with Crippen LogP contribution in [-0.2, 0) is 22.6 Å². The van der Waals surface area contributed by atoms with Gasteiger partial charge in [0.15, 0.2) is 0 Å². The van der Waals surface area contributed by atoms with Crippen molar-refractivity contribution in [1.82, 2.24) is 10.6 Å². The van der Waals surface area contributed by atoms with Crippen molar-refractivity contribution < 1.29 is 19.4 Å². The molecule has 0 aliphatic heterocycles. The molecule has 27 heavy (non-hydrogen) atoms. The van der Waals surface area contributed by atoms with Crippen molar-refractivity contribution in [2.75, 3.05) is 13.7 Å². The van der Waals surface area contributed by atoms with Gasteiger partial charge in [0.2, 0.25) is 0 Å². The van der Waals surface area contributed by atoms with Crippen molar-refractivity contribution in [3.63, 3.8) is 0 Å². The van der Waals surface area contributed by atoms with Crippen LogP contribution in [0.15, 0.2) is 54.6 Å². The molecule has 1 atom stereocenters. The molecule has 0 saturated carbocycles. The van der Waals surface area contributed by atoms with Gasteiger partial charge >= 0.3 is 11.8 Å². The van der Waals surface area contributed by atoms with Crippen LogP contribution < -0.4 is 15.4 Å². The first-order valence-corrected chi connectivity index (χ1v) is 8.85. The number of carbonyl (C=O) groups is 2. The zero-order valence-electron chi connectivity index (χ0n) is 15.7. The van der Waals surface area contributed by atoms with Crippen LogP contribution in [0.25, 0.3) is 0 Å². The number of aryl methyl sites for hydroxylation is 1. The van der Waals surface area contributed by atoms with Crippen LogP contribution in [0.2, 0.25) is 0 Å². The van der Waals surface area contributed by atoms with Crippen molar-refractivity contribution in [1.29, 1.82) is 0 Å². The van der Waals surface area contributed by atoms with Crippen LogP contribution in [0.3, 0.4) is 0 Å². The second-order valence-corrected chi connectivity index (χ2v) is 6.70. The normalized spacial score (nSPS) is 12.7. The summed E-state index contributed by atoms with van der Waals surface area (Å²) in [7, 11) is 1.56. The van der Waals surface area contributed by atoms with Gasteiger partial charge in [0, 0.05) is 13.1 Å². The monoisotopic (exact) mass is 370 g/mol. The molecular formula is C21H26N2O4. The average molecular weight is 370 g/mol. The first kappa shape index (κ1) is 20.5. The molecule has 0 spiro atoms. The van der Waals surface area contributed by atoms with Gasteiger partial charge in [-0.25, -0.2) is 0 Å². The third-order valence-corrected chi connectivity index (χ3v) is 4.22. The molecule has 0 radical (unpaired) electrons. The van der Waals surface area contributed by atoms with Crippen LogP contribution in [0.5, 0.6) is 5.75 Å². The number of nitrogens with one attached hydrogen (secondary N) is 2. The van der Waals surface area contributed by atoms with Gasteiger partial charge in [-0.2, -0.15) is 0 Å². The second kappa shape index (κ2) is 9.73. The zero-order valence-corrected chi connectivity index (χ0v) is 15.7. The predicted octanol–water partition coefficient (Wildman–Crippen LogP) is 1.81. The Morgan fingerprint density at radius 1 is 1.00 bits per heavy atom. The Kier molecular flexibility index (Phi) is 7.37. The molecule has 144 valence electrons. The molecule has 3 N–H and O–H groups in total. The van der Waals surface area contributed by atoms with E-state index in [1.807, 2.05) is 42.5 Å². The number of carbonyl (C=O) groups excluding carboxylic acids is 2. The molecule has 0 heterocycles. The Balaban J connectivity index is 1.75. The molecule has 2 aromatic carbocycles. The Morgan fingerprint density at radius 2 is 1.67 bits per heavy atom. The van der Waals surface area contributed by atoms with E-state index in [-0.39, 0.29) is 13.1 Å². The molecule has 0 saturated heterocycles. The first-order chi connectivity index (χ1) is 12.9. The van der Waals surface area contributed by atoms with Gasteiger partial charge in [-0.1, -0.05) is 42.5 Å². The summed E-state index contributed by atoms with van der Waals surface area (Å²) in [5.74, 6) is -0.824. The number of amides is 2. The highest BCUT2D eigenvalue weighted by atomic mass is 16.5. The number of hydrogen-bond acceptors (Lipinski definition) is 4. The third kappa shape index (κ3) is 7.11. The first-order valence-electron chi connectivity index (χ1n) is 8.85.